The van der Waals surface area contributed by atoms with Crippen molar-refractivity contribution >= 4 is 35.8 Å². The average Bonchev–Trinajstić information content (AvgIpc) is 1.04. The van der Waals surface area contributed by atoms with E-state index in [9.17, 15) is 28.8 Å². The molecule has 0 aliphatic heterocycles. The third-order valence-corrected chi connectivity index (χ3v) is 25.7. The number of carbonyl (C=O) groups excluding carboxylic acids is 6. The van der Waals surface area contributed by atoms with Crippen molar-refractivity contribution in [3.05, 3.63) is 72.9 Å². The zero-order valence-corrected chi connectivity index (χ0v) is 97.5. The number of carbonyl (C=O) groups is 6. The Balaban J connectivity index is -0.000000415. The van der Waals surface area contributed by atoms with Crippen molar-refractivity contribution in [2.24, 2.45) is 0 Å². The van der Waals surface area contributed by atoms with Crippen molar-refractivity contribution in [3.63, 3.8) is 0 Å². The second-order valence-electron chi connectivity index (χ2n) is 41.1. The van der Waals surface area contributed by atoms with Gasteiger partial charge in [-0.1, -0.05) is 423 Å². The number of esters is 6. The molecular formula is C126H240O24. The summed E-state index contributed by atoms with van der Waals surface area (Å²) in [5, 5.41) is 106. The summed E-state index contributed by atoms with van der Waals surface area (Å²) in [7, 11) is 0. The smallest absolute Gasteiger partial charge is 0.305 e. The molecule has 24 nitrogen and oxygen atoms in total. The van der Waals surface area contributed by atoms with Crippen LogP contribution in [0.25, 0.3) is 0 Å². The van der Waals surface area contributed by atoms with Crippen LogP contribution in [0.1, 0.15) is 581 Å². The third kappa shape index (κ3) is 149. The topological polar surface area (TPSA) is 401 Å². The zero-order valence-electron chi connectivity index (χ0n) is 97.5. The van der Waals surface area contributed by atoms with Crippen LogP contribution in [-0.4, -0.2) is 213 Å². The molecule has 0 aromatic heterocycles. The fourth-order valence-corrected chi connectivity index (χ4v) is 15.9. The highest BCUT2D eigenvalue weighted by molar-refractivity contribution is 5.71. The molecule has 0 aromatic carbocycles. The van der Waals surface area contributed by atoms with E-state index in [0.29, 0.717) is 38.5 Å². The summed E-state index contributed by atoms with van der Waals surface area (Å²) in [4.78, 5) is 68.2. The largest absolute Gasteiger partial charge is 0.463 e. The lowest BCUT2D eigenvalue weighted by Crippen LogP contribution is -2.21. The highest BCUT2D eigenvalue weighted by Gasteiger charge is 2.15. The predicted octanol–water partition coefficient (Wildman–Crippen LogP) is 29.5. The lowest BCUT2D eigenvalue weighted by atomic mass is 10.1. The molecule has 0 bridgehead atoms. The van der Waals surface area contributed by atoms with E-state index in [1.807, 2.05) is 0 Å². The Hall–Kier alpha value is -5.22. The molecule has 0 aromatic rings. The van der Waals surface area contributed by atoms with Gasteiger partial charge in [0.25, 0.3) is 0 Å². The molecule has 24 heteroatoms. The summed E-state index contributed by atoms with van der Waals surface area (Å²) >= 11 is 0. The summed E-state index contributed by atoms with van der Waals surface area (Å²) in [5.41, 5.74) is 0. The van der Waals surface area contributed by atoms with Gasteiger partial charge in [-0.25, -0.2) is 0 Å². The Labute approximate surface area is 918 Å². The first-order valence-corrected chi connectivity index (χ1v) is 61.8. The van der Waals surface area contributed by atoms with Gasteiger partial charge in [-0.2, -0.15) is 0 Å². The minimum Gasteiger partial charge on any atom is -0.463 e. The molecular weight excluding hydrogens is 1900 g/mol. The molecule has 0 spiro atoms. The quantitative estimate of drug-likeness (QED) is 0.0116. The number of hydrogen-bond acceptors (Lipinski definition) is 24. The highest BCUT2D eigenvalue weighted by Crippen LogP contribution is 2.20. The van der Waals surface area contributed by atoms with E-state index in [1.165, 1.54) is 347 Å². The summed E-state index contributed by atoms with van der Waals surface area (Å²) in [6, 6.07) is 0. The molecule has 0 heterocycles. The number of aliphatic hydroxyl groups excluding tert-OH is 12. The summed E-state index contributed by atoms with van der Waals surface area (Å²) in [6.07, 6.45) is 121. The standard InChI is InChI=1S/6C21H40O4/c6*1-2-3-4-5-6-7-8-9-10-11-12-13-14-15-16-17-21(24)25-19-20(23)18-22/h6*9-10,20,22-23H,2-8,11-19H2,1H3/b6*10-9-. The van der Waals surface area contributed by atoms with Crippen LogP contribution in [0.15, 0.2) is 72.9 Å². The molecule has 0 radical (unpaired) electrons. The Morgan fingerprint density at radius 2 is 0.233 bits per heavy atom. The van der Waals surface area contributed by atoms with Crippen molar-refractivity contribution in [1.29, 1.82) is 0 Å². The number of allylic oxidation sites excluding steroid dienone is 12. The monoisotopic (exact) mass is 2140 g/mol. The maximum Gasteiger partial charge on any atom is 0.305 e. The molecule has 0 fully saturated rings. The molecule has 150 heavy (non-hydrogen) atoms. The van der Waals surface area contributed by atoms with Gasteiger partial charge in [-0.15, -0.1) is 0 Å². The Bertz CT molecular complexity index is 2370. The van der Waals surface area contributed by atoms with Crippen LogP contribution >= 0.6 is 0 Å². The number of ether oxygens (including phenoxy) is 6. The SMILES string of the molecule is CCCCCCCC/C=C\CCCCCCCC(=O)OCC(O)CO.CCCCCCCC/C=C\CCCCCCCC(=O)OCC(O)CO.CCCCCCCC/C=C\CCCCCCCC(=O)OCC(O)CO.CCCCCCCC/C=C\CCCCCCCC(=O)OCC(O)CO.CCCCCCCC/C=C\CCCCCCCC(=O)OCC(O)CO.CCCCCCCC/C=C\CCCCCCCC(=O)OCC(O)CO. The average molecular weight is 2140 g/mol. The minimum atomic E-state index is -0.960. The van der Waals surface area contributed by atoms with Crippen LogP contribution in [0.3, 0.4) is 0 Å². The van der Waals surface area contributed by atoms with Gasteiger partial charge in [0.15, 0.2) is 0 Å². The first-order valence-electron chi connectivity index (χ1n) is 61.8. The fourth-order valence-electron chi connectivity index (χ4n) is 15.9. The molecule has 6 unspecified atom stereocenters. The Kier molecular flexibility index (Phi) is 145. The summed E-state index contributed by atoms with van der Waals surface area (Å²) in [5.74, 6) is -1.72. The zero-order chi connectivity index (χ0) is 112. The van der Waals surface area contributed by atoms with Crippen molar-refractivity contribution in [2.45, 2.75) is 618 Å². The van der Waals surface area contributed by atoms with Gasteiger partial charge in [-0.3, -0.25) is 28.8 Å². The first-order chi connectivity index (χ1) is 73.2. The lowest BCUT2D eigenvalue weighted by molar-refractivity contribution is -0.148. The van der Waals surface area contributed by atoms with E-state index in [-0.39, 0.29) is 115 Å². The predicted molar refractivity (Wildman–Crippen MR) is 621 cm³/mol. The van der Waals surface area contributed by atoms with Gasteiger partial charge in [0, 0.05) is 38.5 Å². The van der Waals surface area contributed by atoms with E-state index in [2.05, 4.69) is 114 Å². The second kappa shape index (κ2) is 140. The molecule has 6 atom stereocenters. The molecule has 0 amide bonds. The van der Waals surface area contributed by atoms with Crippen molar-refractivity contribution in [3.8, 4) is 0 Å². The number of hydrogen-bond donors (Lipinski definition) is 12. The third-order valence-electron chi connectivity index (χ3n) is 25.7. The maximum atomic E-state index is 11.4. The second-order valence-corrected chi connectivity index (χ2v) is 41.1. The van der Waals surface area contributed by atoms with Gasteiger partial charge in [0.1, 0.15) is 76.3 Å². The molecule has 0 saturated heterocycles. The molecule has 888 valence electrons. The number of unbranched alkanes of at least 4 members (excludes halogenated alkanes) is 66. The van der Waals surface area contributed by atoms with Crippen LogP contribution in [0.2, 0.25) is 0 Å². The molecule has 0 rings (SSSR count). The molecule has 0 saturated carbocycles. The van der Waals surface area contributed by atoms with E-state index < -0.39 is 36.6 Å². The van der Waals surface area contributed by atoms with Gasteiger partial charge in [0.05, 0.1) is 39.6 Å². The normalized spacial score (nSPS) is 12.6. The minimum absolute atomic E-state index is 0.111. The summed E-state index contributed by atoms with van der Waals surface area (Å²) in [6.45, 7) is 10.6. The van der Waals surface area contributed by atoms with Crippen LogP contribution in [-0.2, 0) is 57.2 Å². The highest BCUT2D eigenvalue weighted by atomic mass is 16.6. The molecule has 0 aliphatic rings. The van der Waals surface area contributed by atoms with Gasteiger partial charge < -0.3 is 89.7 Å². The maximum absolute atomic E-state index is 11.4. The summed E-state index contributed by atoms with van der Waals surface area (Å²) < 4.78 is 29.1. The van der Waals surface area contributed by atoms with Gasteiger partial charge in [0.2, 0.25) is 0 Å². The van der Waals surface area contributed by atoms with E-state index >= 15 is 0 Å². The van der Waals surface area contributed by atoms with Gasteiger partial charge >= 0.3 is 35.8 Å². The first kappa shape index (κ1) is 155. The van der Waals surface area contributed by atoms with Crippen LogP contribution in [0, 0.1) is 0 Å². The number of rotatable bonds is 108. The lowest BCUT2D eigenvalue weighted by Gasteiger charge is -2.08. The Morgan fingerprint density at radius 1 is 0.147 bits per heavy atom. The van der Waals surface area contributed by atoms with Crippen molar-refractivity contribution in [1.82, 2.24) is 0 Å². The van der Waals surface area contributed by atoms with Crippen LogP contribution in [0.5, 0.6) is 0 Å². The Morgan fingerprint density at radius 3 is 0.327 bits per heavy atom. The molecule has 0 aliphatic carbocycles. The molecule has 12 N–H and O–H groups in total. The van der Waals surface area contributed by atoms with Gasteiger partial charge in [-0.05, 0) is 193 Å². The van der Waals surface area contributed by atoms with E-state index in [0.717, 1.165) is 154 Å². The number of aliphatic hydroxyl groups is 12. The fraction of sp³-hybridized carbons (Fsp3) is 0.857. The van der Waals surface area contributed by atoms with Crippen molar-refractivity contribution in [2.75, 3.05) is 79.3 Å². The van der Waals surface area contributed by atoms with Crippen LogP contribution in [0.4, 0.5) is 0 Å². The van der Waals surface area contributed by atoms with Crippen molar-refractivity contribution < 1.29 is 118 Å². The van der Waals surface area contributed by atoms with E-state index in [1.54, 1.807) is 0 Å². The van der Waals surface area contributed by atoms with Crippen LogP contribution < -0.4 is 0 Å². The van der Waals surface area contributed by atoms with E-state index in [4.69, 9.17) is 89.7 Å².